The smallest absolute Gasteiger partial charge is 0.231 e. The van der Waals surface area contributed by atoms with E-state index in [0.29, 0.717) is 11.5 Å². The highest BCUT2D eigenvalue weighted by Crippen LogP contribution is 2.33. The van der Waals surface area contributed by atoms with E-state index in [1.807, 2.05) is 0 Å². The van der Waals surface area contributed by atoms with Crippen LogP contribution in [0.15, 0.2) is 18.2 Å². The summed E-state index contributed by atoms with van der Waals surface area (Å²) >= 11 is 0. The molecule has 2 rings (SSSR count). The second-order valence-corrected chi connectivity index (χ2v) is 2.87. The van der Waals surface area contributed by atoms with E-state index < -0.39 is 12.7 Å². The summed E-state index contributed by atoms with van der Waals surface area (Å²) in [5, 5.41) is 0. The molecule has 0 spiro atoms. The minimum atomic E-state index is -0.575. The van der Waals surface area contributed by atoms with Crippen LogP contribution < -0.4 is 15.2 Å². The molecule has 0 aliphatic carbocycles. The number of ether oxygens (including phenoxy) is 2. The van der Waals surface area contributed by atoms with Gasteiger partial charge in [0.1, 0.15) is 6.67 Å². The van der Waals surface area contributed by atoms with Gasteiger partial charge in [-0.25, -0.2) is 4.39 Å². The van der Waals surface area contributed by atoms with Crippen molar-refractivity contribution in [2.45, 2.75) is 6.04 Å². The number of halogens is 2. The van der Waals surface area contributed by atoms with E-state index in [1.165, 1.54) is 0 Å². The Balaban J connectivity index is 0.000000980. The molecule has 1 heterocycles. The molecule has 14 heavy (non-hydrogen) atoms. The van der Waals surface area contributed by atoms with Crippen LogP contribution in [0.25, 0.3) is 0 Å². The Morgan fingerprint density at radius 1 is 1.36 bits per heavy atom. The van der Waals surface area contributed by atoms with Gasteiger partial charge in [0.2, 0.25) is 6.79 Å². The Kier molecular flexibility index (Phi) is 3.55. The van der Waals surface area contributed by atoms with E-state index in [2.05, 4.69) is 0 Å². The summed E-state index contributed by atoms with van der Waals surface area (Å²) < 4.78 is 22.5. The second kappa shape index (κ2) is 4.48. The molecule has 0 saturated carbocycles. The first-order valence-corrected chi connectivity index (χ1v) is 4.02. The molecule has 1 aliphatic rings. The zero-order valence-corrected chi connectivity index (χ0v) is 8.22. The Labute approximate surface area is 87.4 Å². The monoisotopic (exact) mass is 219 g/mol. The predicted octanol–water partition coefficient (Wildman–Crippen LogP) is 1.81. The van der Waals surface area contributed by atoms with Crippen LogP contribution >= 0.6 is 12.4 Å². The van der Waals surface area contributed by atoms with E-state index in [4.69, 9.17) is 15.2 Å². The lowest BCUT2D eigenvalue weighted by Gasteiger charge is -2.07. The molecule has 78 valence electrons. The van der Waals surface area contributed by atoms with E-state index >= 15 is 0 Å². The SMILES string of the molecule is Cl.NC(CF)c1ccc2c(c1)OCO2. The molecule has 0 radical (unpaired) electrons. The molecule has 1 aromatic carbocycles. The van der Waals surface area contributed by atoms with Gasteiger partial charge in [0, 0.05) is 0 Å². The molecule has 1 atom stereocenters. The zero-order valence-electron chi connectivity index (χ0n) is 7.40. The topological polar surface area (TPSA) is 44.5 Å². The third kappa shape index (κ3) is 1.91. The molecular formula is C9H11ClFNO2. The summed E-state index contributed by atoms with van der Waals surface area (Å²) in [6, 6.07) is 4.63. The van der Waals surface area contributed by atoms with E-state index in [9.17, 15) is 4.39 Å². The number of hydrogen-bond acceptors (Lipinski definition) is 3. The van der Waals surface area contributed by atoms with Gasteiger partial charge in [-0.15, -0.1) is 12.4 Å². The number of hydrogen-bond donors (Lipinski definition) is 1. The van der Waals surface area contributed by atoms with E-state index in [1.54, 1.807) is 18.2 Å². The Morgan fingerprint density at radius 2 is 2.07 bits per heavy atom. The standard InChI is InChI=1S/C9H10FNO2.ClH/c10-4-7(11)6-1-2-8-9(3-6)13-5-12-8;/h1-3,7H,4-5,11H2;1H. The van der Waals surface area contributed by atoms with Gasteiger partial charge in [-0.2, -0.15) is 0 Å². The van der Waals surface area contributed by atoms with Gasteiger partial charge in [0.25, 0.3) is 0 Å². The summed E-state index contributed by atoms with van der Waals surface area (Å²) in [6.07, 6.45) is 0. The van der Waals surface area contributed by atoms with Crippen LogP contribution in [0.3, 0.4) is 0 Å². The number of alkyl halides is 1. The van der Waals surface area contributed by atoms with Crippen molar-refractivity contribution < 1.29 is 13.9 Å². The highest BCUT2D eigenvalue weighted by Gasteiger charge is 2.15. The average Bonchev–Trinajstić information content (AvgIpc) is 2.63. The van der Waals surface area contributed by atoms with Crippen molar-refractivity contribution in [3.63, 3.8) is 0 Å². The third-order valence-electron chi connectivity index (χ3n) is 1.99. The van der Waals surface area contributed by atoms with Gasteiger partial charge in [0.05, 0.1) is 6.04 Å². The lowest BCUT2D eigenvalue weighted by molar-refractivity contribution is 0.174. The van der Waals surface area contributed by atoms with Crippen molar-refractivity contribution in [3.8, 4) is 11.5 Å². The summed E-state index contributed by atoms with van der Waals surface area (Å²) in [6.45, 7) is -0.344. The highest BCUT2D eigenvalue weighted by atomic mass is 35.5. The van der Waals surface area contributed by atoms with Gasteiger partial charge in [0.15, 0.2) is 11.5 Å². The number of rotatable bonds is 2. The molecule has 0 saturated heterocycles. The Bertz CT molecular complexity index is 322. The van der Waals surface area contributed by atoms with Gasteiger partial charge in [-0.3, -0.25) is 0 Å². The van der Waals surface area contributed by atoms with Crippen molar-refractivity contribution in [1.82, 2.24) is 0 Å². The van der Waals surface area contributed by atoms with Crippen LogP contribution in [0.1, 0.15) is 11.6 Å². The van der Waals surface area contributed by atoms with Crippen LogP contribution in [0.2, 0.25) is 0 Å². The van der Waals surface area contributed by atoms with Crippen molar-refractivity contribution in [2.75, 3.05) is 13.5 Å². The first-order chi connectivity index (χ1) is 6.31. The quantitative estimate of drug-likeness (QED) is 0.825. The molecule has 1 aromatic rings. The van der Waals surface area contributed by atoms with Gasteiger partial charge >= 0.3 is 0 Å². The van der Waals surface area contributed by atoms with Gasteiger partial charge < -0.3 is 15.2 Å². The van der Waals surface area contributed by atoms with Crippen molar-refractivity contribution in [3.05, 3.63) is 23.8 Å². The third-order valence-corrected chi connectivity index (χ3v) is 1.99. The number of nitrogens with two attached hydrogens (primary N) is 1. The van der Waals surface area contributed by atoms with Crippen molar-refractivity contribution in [2.24, 2.45) is 5.73 Å². The molecule has 1 unspecified atom stereocenters. The first kappa shape index (κ1) is 11.1. The molecule has 2 N–H and O–H groups in total. The molecule has 0 aromatic heterocycles. The molecule has 0 bridgehead atoms. The number of fused-ring (bicyclic) bond motifs is 1. The highest BCUT2D eigenvalue weighted by molar-refractivity contribution is 5.85. The van der Waals surface area contributed by atoms with Gasteiger partial charge in [-0.05, 0) is 17.7 Å². The Hall–Kier alpha value is -1.00. The normalized spacial score (nSPS) is 14.7. The number of benzene rings is 1. The van der Waals surface area contributed by atoms with E-state index in [-0.39, 0.29) is 19.2 Å². The van der Waals surface area contributed by atoms with Crippen LogP contribution in [0.4, 0.5) is 4.39 Å². The minimum Gasteiger partial charge on any atom is -0.454 e. The van der Waals surface area contributed by atoms with E-state index in [0.717, 1.165) is 5.56 Å². The van der Waals surface area contributed by atoms with Crippen molar-refractivity contribution in [1.29, 1.82) is 0 Å². The summed E-state index contributed by atoms with van der Waals surface area (Å²) in [5.74, 6) is 1.33. The average molecular weight is 220 g/mol. The minimum absolute atomic E-state index is 0. The maximum atomic E-state index is 12.2. The molecule has 1 aliphatic heterocycles. The molecular weight excluding hydrogens is 209 g/mol. The lowest BCUT2D eigenvalue weighted by atomic mass is 10.1. The fraction of sp³-hybridized carbons (Fsp3) is 0.333. The fourth-order valence-corrected chi connectivity index (χ4v) is 1.23. The molecule has 0 fully saturated rings. The first-order valence-electron chi connectivity index (χ1n) is 4.02. The molecule has 0 amide bonds. The summed E-state index contributed by atoms with van der Waals surface area (Å²) in [5.41, 5.74) is 6.25. The largest absolute Gasteiger partial charge is 0.454 e. The Morgan fingerprint density at radius 3 is 2.79 bits per heavy atom. The maximum Gasteiger partial charge on any atom is 0.231 e. The lowest BCUT2D eigenvalue weighted by Crippen LogP contribution is -2.11. The van der Waals surface area contributed by atoms with Gasteiger partial charge in [-0.1, -0.05) is 6.07 Å². The maximum absolute atomic E-state index is 12.2. The summed E-state index contributed by atoms with van der Waals surface area (Å²) in [7, 11) is 0. The van der Waals surface area contributed by atoms with Crippen molar-refractivity contribution >= 4 is 12.4 Å². The molecule has 5 heteroatoms. The van der Waals surface area contributed by atoms with Crippen LogP contribution in [-0.2, 0) is 0 Å². The van der Waals surface area contributed by atoms with Crippen LogP contribution in [0, 0.1) is 0 Å². The second-order valence-electron chi connectivity index (χ2n) is 2.87. The predicted molar refractivity (Wildman–Crippen MR) is 52.7 cm³/mol. The fourth-order valence-electron chi connectivity index (χ4n) is 1.23. The van der Waals surface area contributed by atoms with Crippen LogP contribution in [-0.4, -0.2) is 13.5 Å². The molecule has 3 nitrogen and oxygen atoms in total. The summed E-state index contributed by atoms with van der Waals surface area (Å²) in [4.78, 5) is 0. The van der Waals surface area contributed by atoms with Crippen LogP contribution in [0.5, 0.6) is 11.5 Å². The zero-order chi connectivity index (χ0) is 9.26.